The van der Waals surface area contributed by atoms with Crippen molar-refractivity contribution in [1.29, 1.82) is 0 Å². The lowest BCUT2D eigenvalue weighted by Crippen LogP contribution is -2.39. The number of furan rings is 1. The van der Waals surface area contributed by atoms with Gasteiger partial charge in [0.2, 0.25) is 0 Å². The van der Waals surface area contributed by atoms with Crippen LogP contribution < -0.4 is 14.5 Å². The van der Waals surface area contributed by atoms with Crippen molar-refractivity contribution in [2.75, 3.05) is 24.6 Å². The minimum absolute atomic E-state index is 0.0169. The standard InChI is InChI=1S/C29H26ClN3O7S/c1-3-39-29(35)21-11-9-20(10-12-21)26-16-14-23(40-26)18-31-32-28(34)19-33(25-17-22(30)13-15-27(25)38-2)41(36,37)24-7-5-4-6-8-24/h4-18H,3,19H2,1-2H3,(H,32,34)/b31-18-. The summed E-state index contributed by atoms with van der Waals surface area (Å²) in [5.74, 6) is -0.0693. The molecule has 10 nitrogen and oxygen atoms in total. The van der Waals surface area contributed by atoms with E-state index >= 15 is 0 Å². The smallest absolute Gasteiger partial charge is 0.338 e. The number of halogens is 1. The first-order chi connectivity index (χ1) is 19.7. The molecule has 4 aromatic rings. The topological polar surface area (TPSA) is 128 Å². The summed E-state index contributed by atoms with van der Waals surface area (Å²) < 4.78 is 44.1. The van der Waals surface area contributed by atoms with Crippen molar-refractivity contribution in [2.24, 2.45) is 5.10 Å². The zero-order valence-corrected chi connectivity index (χ0v) is 23.7. The van der Waals surface area contributed by atoms with Gasteiger partial charge in [-0.1, -0.05) is 41.9 Å². The summed E-state index contributed by atoms with van der Waals surface area (Å²) in [5, 5.41) is 4.17. The molecule has 1 N–H and O–H groups in total. The number of methoxy groups -OCH3 is 1. The number of amides is 1. The molecule has 212 valence electrons. The molecule has 1 amide bonds. The van der Waals surface area contributed by atoms with Gasteiger partial charge in [-0.25, -0.2) is 18.6 Å². The summed E-state index contributed by atoms with van der Waals surface area (Å²) in [6, 6.07) is 22.2. The van der Waals surface area contributed by atoms with Gasteiger partial charge in [-0.3, -0.25) is 9.10 Å². The lowest BCUT2D eigenvalue weighted by Gasteiger charge is -2.25. The van der Waals surface area contributed by atoms with Crippen molar-refractivity contribution in [2.45, 2.75) is 11.8 Å². The van der Waals surface area contributed by atoms with E-state index in [9.17, 15) is 18.0 Å². The van der Waals surface area contributed by atoms with E-state index in [1.165, 1.54) is 37.6 Å². The third-order valence-electron chi connectivity index (χ3n) is 5.72. The minimum atomic E-state index is -4.18. The van der Waals surface area contributed by atoms with Gasteiger partial charge in [0.05, 0.1) is 36.1 Å². The Kier molecular flexibility index (Phi) is 9.43. The monoisotopic (exact) mass is 595 g/mol. The van der Waals surface area contributed by atoms with Crippen LogP contribution >= 0.6 is 11.6 Å². The average Bonchev–Trinajstić information content (AvgIpc) is 3.45. The van der Waals surface area contributed by atoms with Crippen LogP contribution in [0.4, 0.5) is 5.69 Å². The van der Waals surface area contributed by atoms with E-state index in [4.69, 9.17) is 25.5 Å². The molecular weight excluding hydrogens is 570 g/mol. The van der Waals surface area contributed by atoms with Gasteiger partial charge in [0.15, 0.2) is 0 Å². The van der Waals surface area contributed by atoms with Gasteiger partial charge >= 0.3 is 5.97 Å². The second kappa shape index (κ2) is 13.2. The Morgan fingerprint density at radius 2 is 1.76 bits per heavy atom. The molecule has 1 heterocycles. The van der Waals surface area contributed by atoms with Crippen molar-refractivity contribution in [3.63, 3.8) is 0 Å². The Morgan fingerprint density at radius 1 is 1.02 bits per heavy atom. The second-order valence-electron chi connectivity index (χ2n) is 8.43. The third-order valence-corrected chi connectivity index (χ3v) is 7.73. The fraction of sp³-hybridized carbons (Fsp3) is 0.138. The highest BCUT2D eigenvalue weighted by Crippen LogP contribution is 2.34. The van der Waals surface area contributed by atoms with E-state index in [2.05, 4.69) is 10.5 Å². The zero-order valence-electron chi connectivity index (χ0n) is 22.1. The number of rotatable bonds is 11. The molecule has 0 saturated carbocycles. The highest BCUT2D eigenvalue weighted by atomic mass is 35.5. The third kappa shape index (κ3) is 7.13. The van der Waals surface area contributed by atoms with Crippen LogP contribution in [0, 0.1) is 0 Å². The van der Waals surface area contributed by atoms with Gasteiger partial charge < -0.3 is 13.9 Å². The van der Waals surface area contributed by atoms with Crippen molar-refractivity contribution in [3.8, 4) is 17.1 Å². The molecule has 0 bridgehead atoms. The number of sulfonamides is 1. The number of hydrogen-bond donors (Lipinski definition) is 1. The molecule has 3 aromatic carbocycles. The Bertz CT molecular complexity index is 1650. The Hall–Kier alpha value is -4.61. The number of anilines is 1. The molecule has 0 aliphatic rings. The molecule has 0 radical (unpaired) electrons. The van der Waals surface area contributed by atoms with Gasteiger partial charge in [-0.15, -0.1) is 0 Å². The molecule has 0 unspecified atom stereocenters. The summed E-state index contributed by atoms with van der Waals surface area (Å²) in [7, 11) is -2.79. The van der Waals surface area contributed by atoms with E-state index in [1.54, 1.807) is 67.6 Å². The number of benzene rings is 3. The maximum atomic E-state index is 13.5. The van der Waals surface area contributed by atoms with Crippen LogP contribution in [0.5, 0.6) is 5.75 Å². The van der Waals surface area contributed by atoms with Crippen molar-refractivity contribution >= 4 is 45.4 Å². The summed E-state index contributed by atoms with van der Waals surface area (Å²) in [6.07, 6.45) is 1.28. The molecule has 0 atom stereocenters. The molecule has 0 spiro atoms. The van der Waals surface area contributed by atoms with Crippen LogP contribution in [0.3, 0.4) is 0 Å². The van der Waals surface area contributed by atoms with Gasteiger partial charge in [0, 0.05) is 10.6 Å². The SMILES string of the molecule is CCOC(=O)c1ccc(-c2ccc(/C=N\NC(=O)CN(c3cc(Cl)ccc3OC)S(=O)(=O)c3ccccc3)o2)cc1. The zero-order chi connectivity index (χ0) is 29.4. The van der Waals surface area contributed by atoms with Crippen LogP contribution in [0.2, 0.25) is 5.02 Å². The van der Waals surface area contributed by atoms with Crippen LogP contribution in [0.15, 0.2) is 99.3 Å². The van der Waals surface area contributed by atoms with Gasteiger partial charge in [0.1, 0.15) is 23.8 Å². The molecule has 0 aliphatic heterocycles. The lowest BCUT2D eigenvalue weighted by atomic mass is 10.1. The number of hydrazone groups is 1. The molecule has 0 saturated heterocycles. The van der Waals surface area contributed by atoms with Crippen LogP contribution in [0.25, 0.3) is 11.3 Å². The maximum Gasteiger partial charge on any atom is 0.338 e. The Morgan fingerprint density at radius 3 is 2.44 bits per heavy atom. The van der Waals surface area contributed by atoms with Crippen LogP contribution in [-0.2, 0) is 19.6 Å². The molecule has 0 aliphatic carbocycles. The molecule has 1 aromatic heterocycles. The van der Waals surface area contributed by atoms with E-state index in [1.807, 2.05) is 0 Å². The fourth-order valence-corrected chi connectivity index (χ4v) is 5.38. The number of carbonyl (C=O) groups is 2. The highest BCUT2D eigenvalue weighted by molar-refractivity contribution is 7.92. The predicted octanol–water partition coefficient (Wildman–Crippen LogP) is 5.13. The minimum Gasteiger partial charge on any atom is -0.495 e. The van der Waals surface area contributed by atoms with Crippen LogP contribution in [0.1, 0.15) is 23.0 Å². The van der Waals surface area contributed by atoms with Crippen molar-refractivity contribution in [1.82, 2.24) is 5.43 Å². The quantitative estimate of drug-likeness (QED) is 0.145. The number of carbonyl (C=O) groups excluding carboxylic acids is 2. The first-order valence-corrected chi connectivity index (χ1v) is 14.2. The van der Waals surface area contributed by atoms with Gasteiger partial charge in [-0.05, 0) is 61.5 Å². The van der Waals surface area contributed by atoms with Gasteiger partial charge in [0.25, 0.3) is 15.9 Å². The van der Waals surface area contributed by atoms with E-state index < -0.39 is 28.4 Å². The van der Waals surface area contributed by atoms with Crippen molar-refractivity contribution in [3.05, 3.63) is 101 Å². The number of nitrogens with zero attached hydrogens (tertiary/aromatic N) is 2. The normalized spacial score (nSPS) is 11.3. The predicted molar refractivity (Wildman–Crippen MR) is 155 cm³/mol. The van der Waals surface area contributed by atoms with Crippen molar-refractivity contribution < 1.29 is 31.9 Å². The number of ether oxygens (including phenoxy) is 2. The molecule has 41 heavy (non-hydrogen) atoms. The van der Waals surface area contributed by atoms with Crippen LogP contribution in [-0.4, -0.2) is 46.8 Å². The Balaban J connectivity index is 1.49. The maximum absolute atomic E-state index is 13.5. The van der Waals surface area contributed by atoms with E-state index in [0.717, 1.165) is 9.87 Å². The van der Waals surface area contributed by atoms with E-state index in [0.29, 0.717) is 17.1 Å². The Labute approximate surface area is 242 Å². The summed E-state index contributed by atoms with van der Waals surface area (Å²) >= 11 is 6.15. The first-order valence-electron chi connectivity index (χ1n) is 12.3. The number of esters is 1. The fourth-order valence-electron chi connectivity index (χ4n) is 3.77. The van der Waals surface area contributed by atoms with Gasteiger partial charge in [-0.2, -0.15) is 5.10 Å². The molecule has 4 rings (SSSR count). The molecular formula is C29H26ClN3O7S. The molecule has 0 fully saturated rings. The second-order valence-corrected chi connectivity index (χ2v) is 10.7. The summed E-state index contributed by atoms with van der Waals surface area (Å²) in [5.41, 5.74) is 3.56. The number of hydrogen-bond acceptors (Lipinski definition) is 8. The highest BCUT2D eigenvalue weighted by Gasteiger charge is 2.29. The lowest BCUT2D eigenvalue weighted by molar-refractivity contribution is -0.119. The summed E-state index contributed by atoms with van der Waals surface area (Å²) in [4.78, 5) is 24.7. The molecule has 12 heteroatoms. The first kappa shape index (κ1) is 29.4. The summed E-state index contributed by atoms with van der Waals surface area (Å²) in [6.45, 7) is 1.41. The van der Waals surface area contributed by atoms with E-state index in [-0.39, 0.29) is 28.0 Å². The largest absolute Gasteiger partial charge is 0.495 e. The average molecular weight is 596 g/mol. The number of nitrogens with one attached hydrogen (secondary N) is 1.